The van der Waals surface area contributed by atoms with Gasteiger partial charge < -0.3 is 9.80 Å². The summed E-state index contributed by atoms with van der Waals surface area (Å²) < 4.78 is 0. The molecule has 1 heterocycles. The highest BCUT2D eigenvalue weighted by Crippen LogP contribution is 2.24. The topological polar surface area (TPSA) is 26.8 Å². The van der Waals surface area contributed by atoms with Crippen molar-refractivity contribution < 1.29 is 4.79 Å². The Morgan fingerprint density at radius 3 is 2.25 bits per heavy atom. The van der Waals surface area contributed by atoms with Crippen molar-refractivity contribution in [2.24, 2.45) is 0 Å². The number of piperazine rings is 1. The highest BCUT2D eigenvalue weighted by molar-refractivity contribution is 5.91. The minimum absolute atomic E-state index is 0.0711. The van der Waals surface area contributed by atoms with Gasteiger partial charge in [-0.1, -0.05) is 30.3 Å². The molecular weight excluding hydrogens is 298 g/mol. The number of urea groups is 1. The summed E-state index contributed by atoms with van der Waals surface area (Å²) >= 11 is 0. The Morgan fingerprint density at radius 2 is 1.58 bits per heavy atom. The summed E-state index contributed by atoms with van der Waals surface area (Å²) in [7, 11) is 1.84. The third kappa shape index (κ3) is 3.23. The average molecular weight is 323 g/mol. The van der Waals surface area contributed by atoms with E-state index in [1.807, 2.05) is 42.3 Å². The Labute approximate surface area is 144 Å². The fourth-order valence-electron chi connectivity index (χ4n) is 3.19. The molecule has 0 spiro atoms. The van der Waals surface area contributed by atoms with E-state index in [9.17, 15) is 4.79 Å². The molecule has 126 valence electrons. The zero-order valence-corrected chi connectivity index (χ0v) is 14.7. The molecule has 2 aromatic rings. The molecule has 1 fully saturated rings. The lowest BCUT2D eigenvalue weighted by atomic mass is 10.1. The van der Waals surface area contributed by atoms with E-state index in [2.05, 4.69) is 36.9 Å². The first-order chi connectivity index (χ1) is 11.6. The first-order valence-corrected chi connectivity index (χ1v) is 8.47. The molecule has 24 heavy (non-hydrogen) atoms. The molecule has 0 radical (unpaired) electrons. The van der Waals surface area contributed by atoms with Gasteiger partial charge in [0.1, 0.15) is 0 Å². The van der Waals surface area contributed by atoms with E-state index in [4.69, 9.17) is 0 Å². The smallest absolute Gasteiger partial charge is 0.324 e. The monoisotopic (exact) mass is 323 g/mol. The summed E-state index contributed by atoms with van der Waals surface area (Å²) in [5.41, 5.74) is 4.87. The fourth-order valence-corrected chi connectivity index (χ4v) is 3.19. The van der Waals surface area contributed by atoms with Gasteiger partial charge in [0.05, 0.1) is 0 Å². The van der Waals surface area contributed by atoms with E-state index in [-0.39, 0.29) is 6.03 Å². The maximum absolute atomic E-state index is 12.7. The van der Waals surface area contributed by atoms with Crippen LogP contribution in [-0.4, -0.2) is 44.2 Å². The summed E-state index contributed by atoms with van der Waals surface area (Å²) in [6.45, 7) is 7.57. The highest BCUT2D eigenvalue weighted by atomic mass is 16.2. The maximum Gasteiger partial charge on any atom is 0.324 e. The van der Waals surface area contributed by atoms with Gasteiger partial charge in [-0.3, -0.25) is 4.90 Å². The minimum Gasteiger partial charge on any atom is -0.368 e. The number of hydrogen-bond donors (Lipinski definition) is 0. The second-order valence-corrected chi connectivity index (χ2v) is 6.37. The molecule has 2 amide bonds. The molecular formula is C20H25N3O. The normalized spacial score (nSPS) is 14.6. The first kappa shape index (κ1) is 16.4. The van der Waals surface area contributed by atoms with Crippen LogP contribution < -0.4 is 9.80 Å². The lowest BCUT2D eigenvalue weighted by Gasteiger charge is -2.38. The van der Waals surface area contributed by atoms with Crippen LogP contribution in [0.2, 0.25) is 0 Å². The zero-order chi connectivity index (χ0) is 17.1. The third-order valence-corrected chi connectivity index (χ3v) is 4.90. The number of nitrogens with zero attached hydrogens (tertiary/aromatic N) is 3. The SMILES string of the molecule is Cc1cccc(N2CCN(C(=O)N(C)c3ccccc3)CC2)c1C. The van der Waals surface area contributed by atoms with Crippen molar-refractivity contribution in [1.82, 2.24) is 4.90 Å². The molecule has 0 aliphatic carbocycles. The molecule has 4 nitrogen and oxygen atoms in total. The van der Waals surface area contributed by atoms with Crippen LogP contribution >= 0.6 is 0 Å². The Morgan fingerprint density at radius 1 is 0.917 bits per heavy atom. The Kier molecular flexibility index (Phi) is 4.74. The van der Waals surface area contributed by atoms with Crippen LogP contribution in [-0.2, 0) is 0 Å². The predicted octanol–water partition coefficient (Wildman–Crippen LogP) is 3.68. The molecule has 1 saturated heterocycles. The van der Waals surface area contributed by atoms with Crippen molar-refractivity contribution in [3.8, 4) is 0 Å². The molecule has 3 rings (SSSR count). The van der Waals surface area contributed by atoms with Crippen molar-refractivity contribution in [2.75, 3.05) is 43.0 Å². The van der Waals surface area contributed by atoms with Crippen LogP contribution in [0.1, 0.15) is 11.1 Å². The van der Waals surface area contributed by atoms with E-state index in [0.717, 1.165) is 31.9 Å². The van der Waals surface area contributed by atoms with Crippen molar-refractivity contribution >= 4 is 17.4 Å². The number of para-hydroxylation sites is 1. The van der Waals surface area contributed by atoms with E-state index >= 15 is 0 Å². The van der Waals surface area contributed by atoms with Gasteiger partial charge in [0, 0.05) is 44.6 Å². The first-order valence-electron chi connectivity index (χ1n) is 8.47. The molecule has 2 aromatic carbocycles. The zero-order valence-electron chi connectivity index (χ0n) is 14.7. The molecule has 0 aromatic heterocycles. The fraction of sp³-hybridized carbons (Fsp3) is 0.350. The van der Waals surface area contributed by atoms with Crippen LogP contribution in [0, 0.1) is 13.8 Å². The number of aryl methyl sites for hydroxylation is 1. The number of rotatable bonds is 2. The molecule has 0 saturated carbocycles. The van der Waals surface area contributed by atoms with Crippen molar-refractivity contribution in [3.05, 3.63) is 59.7 Å². The third-order valence-electron chi connectivity index (χ3n) is 4.90. The van der Waals surface area contributed by atoms with E-state index in [1.54, 1.807) is 4.90 Å². The second kappa shape index (κ2) is 6.95. The van der Waals surface area contributed by atoms with Gasteiger partial charge in [0.25, 0.3) is 0 Å². The quantitative estimate of drug-likeness (QED) is 0.843. The van der Waals surface area contributed by atoms with Gasteiger partial charge in [0.15, 0.2) is 0 Å². The largest absolute Gasteiger partial charge is 0.368 e. The van der Waals surface area contributed by atoms with Gasteiger partial charge >= 0.3 is 6.03 Å². The number of hydrogen-bond acceptors (Lipinski definition) is 2. The van der Waals surface area contributed by atoms with Crippen molar-refractivity contribution in [3.63, 3.8) is 0 Å². The van der Waals surface area contributed by atoms with Crippen LogP contribution in [0.3, 0.4) is 0 Å². The summed E-state index contributed by atoms with van der Waals surface area (Å²) in [5.74, 6) is 0. The van der Waals surface area contributed by atoms with Crippen LogP contribution in [0.4, 0.5) is 16.2 Å². The molecule has 0 N–H and O–H groups in total. The van der Waals surface area contributed by atoms with Crippen molar-refractivity contribution in [1.29, 1.82) is 0 Å². The highest BCUT2D eigenvalue weighted by Gasteiger charge is 2.24. The minimum atomic E-state index is 0.0711. The van der Waals surface area contributed by atoms with Gasteiger partial charge in [-0.25, -0.2) is 4.79 Å². The van der Waals surface area contributed by atoms with Crippen LogP contribution in [0.5, 0.6) is 0 Å². The predicted molar refractivity (Wildman–Crippen MR) is 99.9 cm³/mol. The summed E-state index contributed by atoms with van der Waals surface area (Å²) in [5, 5.41) is 0. The molecule has 0 bridgehead atoms. The molecule has 1 aliphatic rings. The van der Waals surface area contributed by atoms with Gasteiger partial charge in [-0.2, -0.15) is 0 Å². The lowest BCUT2D eigenvalue weighted by molar-refractivity contribution is 0.202. The van der Waals surface area contributed by atoms with Crippen molar-refractivity contribution in [2.45, 2.75) is 13.8 Å². The number of amides is 2. The average Bonchev–Trinajstić information content (AvgIpc) is 2.64. The standard InChI is InChI=1S/C20H25N3O/c1-16-8-7-11-19(17(16)2)22-12-14-23(15-13-22)20(24)21(3)18-9-5-4-6-10-18/h4-11H,12-15H2,1-3H3. The Bertz CT molecular complexity index is 706. The van der Waals surface area contributed by atoms with Gasteiger partial charge in [0.2, 0.25) is 0 Å². The number of carbonyl (C=O) groups excluding carboxylic acids is 1. The second-order valence-electron chi connectivity index (χ2n) is 6.37. The number of carbonyl (C=O) groups is 1. The summed E-state index contributed by atoms with van der Waals surface area (Å²) in [4.78, 5) is 18.7. The summed E-state index contributed by atoms with van der Waals surface area (Å²) in [6, 6.07) is 16.3. The number of anilines is 2. The van der Waals surface area contributed by atoms with Gasteiger partial charge in [-0.15, -0.1) is 0 Å². The Hall–Kier alpha value is -2.49. The van der Waals surface area contributed by atoms with E-state index < -0.39 is 0 Å². The Balaban J connectivity index is 1.64. The lowest BCUT2D eigenvalue weighted by Crippen LogP contribution is -2.52. The molecule has 0 unspecified atom stereocenters. The number of benzene rings is 2. The summed E-state index contributed by atoms with van der Waals surface area (Å²) in [6.07, 6.45) is 0. The molecule has 4 heteroatoms. The van der Waals surface area contributed by atoms with Crippen LogP contribution in [0.15, 0.2) is 48.5 Å². The van der Waals surface area contributed by atoms with Gasteiger partial charge in [-0.05, 0) is 43.2 Å². The van der Waals surface area contributed by atoms with Crippen LogP contribution in [0.25, 0.3) is 0 Å². The van der Waals surface area contributed by atoms with E-state index in [1.165, 1.54) is 16.8 Å². The maximum atomic E-state index is 12.7. The molecule has 1 aliphatic heterocycles. The molecule has 0 atom stereocenters. The van der Waals surface area contributed by atoms with E-state index in [0.29, 0.717) is 0 Å².